The molecule has 2 N–H and O–H groups in total. The van der Waals surface area contributed by atoms with Crippen LogP contribution in [0.4, 0.5) is 11.4 Å². The fraction of sp³-hybridized carbons (Fsp3) is 0.182. The minimum absolute atomic E-state index is 0.0925. The van der Waals surface area contributed by atoms with Crippen molar-refractivity contribution in [3.8, 4) is 0 Å². The Morgan fingerprint density at radius 3 is 2.47 bits per heavy atom. The summed E-state index contributed by atoms with van der Waals surface area (Å²) < 4.78 is 5.31. The van der Waals surface area contributed by atoms with Gasteiger partial charge in [-0.15, -0.1) is 0 Å². The highest BCUT2D eigenvalue weighted by atomic mass is 16.5. The van der Waals surface area contributed by atoms with Crippen molar-refractivity contribution in [3.05, 3.63) is 65.9 Å². The second-order valence-electron chi connectivity index (χ2n) is 6.69. The van der Waals surface area contributed by atoms with Crippen molar-refractivity contribution in [1.29, 1.82) is 0 Å². The van der Waals surface area contributed by atoms with Crippen molar-refractivity contribution < 1.29 is 23.9 Å². The molecule has 2 aromatic carbocycles. The van der Waals surface area contributed by atoms with Gasteiger partial charge in [-0.25, -0.2) is 4.79 Å². The van der Waals surface area contributed by atoms with Gasteiger partial charge in [0.2, 0.25) is 11.8 Å². The van der Waals surface area contributed by atoms with E-state index in [-0.39, 0.29) is 18.1 Å². The van der Waals surface area contributed by atoms with Crippen LogP contribution in [0.25, 0.3) is 6.08 Å². The zero-order valence-electron chi connectivity index (χ0n) is 16.5. The molecular formula is C22H21N3O5. The third-order valence-corrected chi connectivity index (χ3v) is 4.31. The summed E-state index contributed by atoms with van der Waals surface area (Å²) in [6.45, 7) is 2.50. The van der Waals surface area contributed by atoms with Gasteiger partial charge in [0.25, 0.3) is 5.91 Å². The topological polar surface area (TPSA) is 105 Å². The molecule has 8 heteroatoms. The van der Waals surface area contributed by atoms with Crippen LogP contribution in [0.2, 0.25) is 0 Å². The van der Waals surface area contributed by atoms with Crippen LogP contribution in [0.1, 0.15) is 19.4 Å². The summed E-state index contributed by atoms with van der Waals surface area (Å²) in [5.74, 6) is -2.20. The zero-order chi connectivity index (χ0) is 21.7. The van der Waals surface area contributed by atoms with E-state index in [9.17, 15) is 19.2 Å². The van der Waals surface area contributed by atoms with Gasteiger partial charge >= 0.3 is 5.97 Å². The summed E-state index contributed by atoms with van der Waals surface area (Å²) in [7, 11) is 0. The van der Waals surface area contributed by atoms with Crippen LogP contribution in [0.3, 0.4) is 0 Å². The van der Waals surface area contributed by atoms with Gasteiger partial charge in [-0.1, -0.05) is 42.5 Å². The van der Waals surface area contributed by atoms with Crippen molar-refractivity contribution >= 4 is 41.1 Å². The number of fused-ring (bicyclic) bond motifs is 1. The molecule has 0 unspecified atom stereocenters. The summed E-state index contributed by atoms with van der Waals surface area (Å²) in [4.78, 5) is 50.3. The van der Waals surface area contributed by atoms with Gasteiger partial charge in [-0.3, -0.25) is 19.3 Å². The van der Waals surface area contributed by atoms with Crippen LogP contribution >= 0.6 is 0 Å². The molecule has 1 aliphatic heterocycles. The number of para-hydroxylation sites is 2. The molecule has 154 valence electrons. The standard InChI is InChI=1S/C22H21N3O5/c1-14(21(28)25-13-20(27)24-17-10-6-7-11-19(17)25)30-22(29)18(23-15(2)26)12-16-8-4-3-5-9-16/h3-12,14H,13H2,1-2H3,(H,23,26)(H,24,27)/b18-12-/t14-/m0/s1. The maximum atomic E-state index is 12.9. The fourth-order valence-corrected chi connectivity index (χ4v) is 2.98. The molecule has 1 atom stereocenters. The van der Waals surface area contributed by atoms with Crippen LogP contribution in [-0.4, -0.2) is 36.3 Å². The highest BCUT2D eigenvalue weighted by Crippen LogP contribution is 2.29. The summed E-state index contributed by atoms with van der Waals surface area (Å²) in [6, 6.07) is 15.8. The number of amides is 3. The molecule has 0 fully saturated rings. The first-order chi connectivity index (χ1) is 14.3. The molecule has 1 aliphatic rings. The average molecular weight is 407 g/mol. The van der Waals surface area contributed by atoms with Crippen molar-refractivity contribution in [1.82, 2.24) is 5.32 Å². The van der Waals surface area contributed by atoms with E-state index in [0.717, 1.165) is 0 Å². The lowest BCUT2D eigenvalue weighted by Gasteiger charge is -2.30. The van der Waals surface area contributed by atoms with Crippen LogP contribution < -0.4 is 15.5 Å². The molecule has 8 nitrogen and oxygen atoms in total. The van der Waals surface area contributed by atoms with E-state index < -0.39 is 23.9 Å². The normalized spacial score (nSPS) is 14.3. The summed E-state index contributed by atoms with van der Waals surface area (Å²) in [5, 5.41) is 5.13. The van der Waals surface area contributed by atoms with Gasteiger partial charge in [0, 0.05) is 6.92 Å². The number of anilines is 2. The third kappa shape index (κ3) is 4.91. The highest BCUT2D eigenvalue weighted by molar-refractivity contribution is 6.11. The number of rotatable bonds is 5. The summed E-state index contributed by atoms with van der Waals surface area (Å²) >= 11 is 0. The quantitative estimate of drug-likeness (QED) is 0.583. The van der Waals surface area contributed by atoms with Crippen molar-refractivity contribution in [2.24, 2.45) is 0 Å². The van der Waals surface area contributed by atoms with Gasteiger partial charge in [0.1, 0.15) is 12.2 Å². The number of ether oxygens (including phenoxy) is 1. The first-order valence-corrected chi connectivity index (χ1v) is 9.30. The molecule has 1 heterocycles. The molecule has 2 aromatic rings. The lowest BCUT2D eigenvalue weighted by Crippen LogP contribution is -2.47. The largest absolute Gasteiger partial charge is 0.448 e. The van der Waals surface area contributed by atoms with Gasteiger partial charge in [-0.05, 0) is 30.7 Å². The molecule has 0 saturated carbocycles. The maximum absolute atomic E-state index is 12.9. The van der Waals surface area contributed by atoms with Crippen LogP contribution in [0.15, 0.2) is 60.3 Å². The number of benzene rings is 2. The number of nitrogens with zero attached hydrogens (tertiary/aromatic N) is 1. The van der Waals surface area contributed by atoms with Crippen molar-refractivity contribution in [3.63, 3.8) is 0 Å². The van der Waals surface area contributed by atoms with Gasteiger partial charge in [-0.2, -0.15) is 0 Å². The Kier molecular flexibility index (Phi) is 6.26. The van der Waals surface area contributed by atoms with Crippen LogP contribution in [0.5, 0.6) is 0 Å². The van der Waals surface area contributed by atoms with Gasteiger partial charge < -0.3 is 15.4 Å². The molecule has 30 heavy (non-hydrogen) atoms. The van der Waals surface area contributed by atoms with E-state index in [1.165, 1.54) is 24.8 Å². The zero-order valence-corrected chi connectivity index (χ0v) is 16.5. The van der Waals surface area contributed by atoms with E-state index >= 15 is 0 Å². The number of carbonyl (C=O) groups is 4. The minimum atomic E-state index is -1.18. The molecule has 0 radical (unpaired) electrons. The Bertz CT molecular complexity index is 1020. The fourth-order valence-electron chi connectivity index (χ4n) is 2.98. The lowest BCUT2D eigenvalue weighted by atomic mass is 10.1. The predicted octanol–water partition coefficient (Wildman–Crippen LogP) is 2.08. The predicted molar refractivity (Wildman–Crippen MR) is 111 cm³/mol. The number of esters is 1. The molecule has 3 amide bonds. The maximum Gasteiger partial charge on any atom is 0.355 e. The Labute approximate surface area is 173 Å². The van der Waals surface area contributed by atoms with Gasteiger partial charge in [0.05, 0.1) is 11.4 Å². The van der Waals surface area contributed by atoms with E-state index in [0.29, 0.717) is 16.9 Å². The number of hydrogen-bond acceptors (Lipinski definition) is 5. The second-order valence-corrected chi connectivity index (χ2v) is 6.69. The summed E-state index contributed by atoms with van der Waals surface area (Å²) in [5.41, 5.74) is 1.61. The Morgan fingerprint density at radius 1 is 1.10 bits per heavy atom. The van der Waals surface area contributed by atoms with E-state index in [1.807, 2.05) is 6.07 Å². The van der Waals surface area contributed by atoms with Crippen LogP contribution in [0, 0.1) is 0 Å². The number of carbonyl (C=O) groups excluding carboxylic acids is 4. The third-order valence-electron chi connectivity index (χ3n) is 4.31. The van der Waals surface area contributed by atoms with E-state index in [1.54, 1.807) is 48.5 Å². The molecule has 0 aliphatic carbocycles. The molecule has 0 saturated heterocycles. The van der Waals surface area contributed by atoms with Gasteiger partial charge in [0.15, 0.2) is 6.10 Å². The highest BCUT2D eigenvalue weighted by Gasteiger charge is 2.31. The SMILES string of the molecule is CC(=O)N/C(=C\c1ccccc1)C(=O)O[C@@H](C)C(=O)N1CC(=O)Nc2ccccc21. The molecule has 0 aromatic heterocycles. The van der Waals surface area contributed by atoms with Crippen molar-refractivity contribution in [2.75, 3.05) is 16.8 Å². The molecule has 3 rings (SSSR count). The smallest absolute Gasteiger partial charge is 0.355 e. The Morgan fingerprint density at radius 2 is 1.77 bits per heavy atom. The average Bonchev–Trinajstić information content (AvgIpc) is 2.72. The molecule has 0 bridgehead atoms. The Hall–Kier alpha value is -3.94. The number of nitrogens with one attached hydrogen (secondary N) is 2. The molecule has 0 spiro atoms. The van der Waals surface area contributed by atoms with E-state index in [2.05, 4.69) is 10.6 Å². The minimum Gasteiger partial charge on any atom is -0.448 e. The Balaban J connectivity index is 1.78. The molecular weight excluding hydrogens is 386 g/mol. The van der Waals surface area contributed by atoms with Crippen LogP contribution in [-0.2, 0) is 23.9 Å². The first kappa shape index (κ1) is 20.8. The lowest BCUT2D eigenvalue weighted by molar-refractivity contribution is -0.150. The van der Waals surface area contributed by atoms with E-state index in [4.69, 9.17) is 4.74 Å². The monoisotopic (exact) mass is 407 g/mol. The van der Waals surface area contributed by atoms with Crippen molar-refractivity contribution in [2.45, 2.75) is 20.0 Å². The first-order valence-electron chi connectivity index (χ1n) is 9.30. The second kappa shape index (κ2) is 9.04. The number of hydrogen-bond donors (Lipinski definition) is 2. The summed E-state index contributed by atoms with van der Waals surface area (Å²) in [6.07, 6.45) is 0.286.